The van der Waals surface area contributed by atoms with E-state index < -0.39 is 24.0 Å². The van der Waals surface area contributed by atoms with Gasteiger partial charge in [-0.25, -0.2) is 9.59 Å². The summed E-state index contributed by atoms with van der Waals surface area (Å²) in [5, 5.41) is 2.27. The smallest absolute Gasteiger partial charge is 0.338 e. The van der Waals surface area contributed by atoms with Crippen LogP contribution in [0.2, 0.25) is 10.0 Å². The van der Waals surface area contributed by atoms with Gasteiger partial charge < -0.3 is 10.5 Å². The van der Waals surface area contributed by atoms with Crippen LogP contribution in [0, 0.1) is 0 Å². The number of urea groups is 1. The molecule has 0 bridgehead atoms. The predicted octanol–water partition coefficient (Wildman–Crippen LogP) is 1.73. The number of amides is 3. The molecule has 0 aliphatic carbocycles. The fourth-order valence-corrected chi connectivity index (χ4v) is 1.43. The van der Waals surface area contributed by atoms with Crippen molar-refractivity contribution in [3.63, 3.8) is 0 Å². The zero-order valence-corrected chi connectivity index (χ0v) is 11.3. The second-order valence-electron chi connectivity index (χ2n) is 3.53. The van der Waals surface area contributed by atoms with Crippen LogP contribution < -0.4 is 11.1 Å². The van der Waals surface area contributed by atoms with Crippen molar-refractivity contribution in [1.82, 2.24) is 5.32 Å². The Kier molecular flexibility index (Phi) is 5.14. The van der Waals surface area contributed by atoms with Crippen LogP contribution in [-0.4, -0.2) is 24.0 Å². The summed E-state index contributed by atoms with van der Waals surface area (Å²) in [6, 6.07) is 3.11. The number of benzene rings is 1. The molecule has 0 saturated heterocycles. The average Bonchev–Trinajstić information content (AvgIpc) is 2.31. The van der Waals surface area contributed by atoms with Gasteiger partial charge in [-0.15, -0.1) is 0 Å². The van der Waals surface area contributed by atoms with Crippen molar-refractivity contribution in [3.8, 4) is 0 Å². The molecule has 0 aromatic heterocycles. The van der Waals surface area contributed by atoms with Crippen molar-refractivity contribution in [3.05, 3.63) is 33.8 Å². The Bertz CT molecular complexity index is 533. The van der Waals surface area contributed by atoms with E-state index in [0.29, 0.717) is 0 Å². The summed E-state index contributed by atoms with van der Waals surface area (Å²) in [6.07, 6.45) is -1.17. The highest BCUT2D eigenvalue weighted by Gasteiger charge is 2.20. The van der Waals surface area contributed by atoms with Gasteiger partial charge in [0.05, 0.1) is 15.6 Å². The quantitative estimate of drug-likeness (QED) is 0.831. The Hall–Kier alpha value is -1.79. The number of esters is 1. The van der Waals surface area contributed by atoms with Crippen LogP contribution in [0.4, 0.5) is 4.79 Å². The number of halogens is 2. The first kappa shape index (κ1) is 15.3. The summed E-state index contributed by atoms with van der Waals surface area (Å²) < 4.78 is 4.83. The molecule has 0 heterocycles. The number of primary amides is 1. The molecule has 3 amide bonds. The van der Waals surface area contributed by atoms with Gasteiger partial charge in [-0.2, -0.15) is 0 Å². The van der Waals surface area contributed by atoms with E-state index in [9.17, 15) is 14.4 Å². The van der Waals surface area contributed by atoms with Crippen LogP contribution in [0.15, 0.2) is 18.2 Å². The van der Waals surface area contributed by atoms with Gasteiger partial charge in [-0.1, -0.05) is 23.2 Å². The van der Waals surface area contributed by atoms with Gasteiger partial charge in [-0.3, -0.25) is 10.1 Å². The van der Waals surface area contributed by atoms with E-state index in [-0.39, 0.29) is 15.6 Å². The van der Waals surface area contributed by atoms with Gasteiger partial charge in [0.2, 0.25) is 0 Å². The molecular weight excluding hydrogens is 295 g/mol. The standard InChI is InChI=1S/C11H10Cl2N2O4/c1-5(9(16)15-11(14)18)19-10(17)6-2-3-7(12)8(13)4-6/h2-5H,1H3,(H3,14,15,16,18)/t5-/m0/s1. The first-order valence-electron chi connectivity index (χ1n) is 5.07. The minimum atomic E-state index is -1.17. The van der Waals surface area contributed by atoms with Crippen molar-refractivity contribution in [2.75, 3.05) is 0 Å². The molecule has 8 heteroatoms. The third-order valence-electron chi connectivity index (χ3n) is 2.05. The second-order valence-corrected chi connectivity index (χ2v) is 4.34. The normalized spacial score (nSPS) is 11.5. The molecule has 6 nitrogen and oxygen atoms in total. The summed E-state index contributed by atoms with van der Waals surface area (Å²) in [5.41, 5.74) is 4.90. The highest BCUT2D eigenvalue weighted by atomic mass is 35.5. The van der Waals surface area contributed by atoms with Crippen LogP contribution in [0.25, 0.3) is 0 Å². The number of hydrogen-bond acceptors (Lipinski definition) is 4. The van der Waals surface area contributed by atoms with Crippen molar-refractivity contribution >= 4 is 41.1 Å². The molecule has 3 N–H and O–H groups in total. The minimum Gasteiger partial charge on any atom is -0.449 e. The fraction of sp³-hybridized carbons (Fsp3) is 0.182. The van der Waals surface area contributed by atoms with Gasteiger partial charge in [-0.05, 0) is 25.1 Å². The highest BCUT2D eigenvalue weighted by molar-refractivity contribution is 6.42. The zero-order valence-electron chi connectivity index (χ0n) is 9.78. The van der Waals surface area contributed by atoms with Gasteiger partial charge >= 0.3 is 12.0 Å². The Labute approximate surface area is 118 Å². The molecule has 1 rings (SSSR count). The van der Waals surface area contributed by atoms with Crippen LogP contribution in [0.1, 0.15) is 17.3 Å². The Balaban J connectivity index is 2.71. The lowest BCUT2D eigenvalue weighted by atomic mass is 10.2. The monoisotopic (exact) mass is 304 g/mol. The van der Waals surface area contributed by atoms with Gasteiger partial charge in [0.25, 0.3) is 5.91 Å². The Morgan fingerprint density at radius 3 is 2.42 bits per heavy atom. The van der Waals surface area contributed by atoms with E-state index in [2.05, 4.69) is 0 Å². The fourth-order valence-electron chi connectivity index (χ4n) is 1.13. The van der Waals surface area contributed by atoms with Crippen molar-refractivity contribution in [1.29, 1.82) is 0 Å². The van der Waals surface area contributed by atoms with Gasteiger partial charge in [0.15, 0.2) is 6.10 Å². The molecule has 1 aromatic carbocycles. The molecule has 0 unspecified atom stereocenters. The number of nitrogens with one attached hydrogen (secondary N) is 1. The number of ether oxygens (including phenoxy) is 1. The lowest BCUT2D eigenvalue weighted by Gasteiger charge is -2.12. The number of rotatable bonds is 3. The molecule has 19 heavy (non-hydrogen) atoms. The SMILES string of the molecule is C[C@H](OC(=O)c1ccc(Cl)c(Cl)c1)C(=O)NC(N)=O. The zero-order chi connectivity index (χ0) is 14.6. The average molecular weight is 305 g/mol. The Morgan fingerprint density at radius 1 is 1.26 bits per heavy atom. The molecule has 0 saturated carbocycles. The van der Waals surface area contributed by atoms with E-state index in [4.69, 9.17) is 33.7 Å². The molecular formula is C11H10Cl2N2O4. The van der Waals surface area contributed by atoms with Crippen molar-refractivity contribution in [2.45, 2.75) is 13.0 Å². The predicted molar refractivity (Wildman–Crippen MR) is 69.1 cm³/mol. The minimum absolute atomic E-state index is 0.133. The summed E-state index contributed by atoms with van der Waals surface area (Å²) in [7, 11) is 0. The summed E-state index contributed by atoms with van der Waals surface area (Å²) in [4.78, 5) is 33.5. The van der Waals surface area contributed by atoms with Gasteiger partial charge in [0, 0.05) is 0 Å². The second kappa shape index (κ2) is 6.40. The van der Waals surface area contributed by atoms with Crippen LogP contribution in [-0.2, 0) is 9.53 Å². The first-order chi connectivity index (χ1) is 8.81. The summed E-state index contributed by atoms with van der Waals surface area (Å²) >= 11 is 11.4. The highest BCUT2D eigenvalue weighted by Crippen LogP contribution is 2.23. The number of nitrogens with two attached hydrogens (primary N) is 1. The molecule has 0 spiro atoms. The topological polar surface area (TPSA) is 98.5 Å². The lowest BCUT2D eigenvalue weighted by Crippen LogP contribution is -2.42. The molecule has 0 aliphatic rings. The van der Waals surface area contributed by atoms with E-state index in [0.717, 1.165) is 0 Å². The third-order valence-corrected chi connectivity index (χ3v) is 2.79. The number of imide groups is 1. The molecule has 0 radical (unpaired) electrons. The molecule has 1 atom stereocenters. The van der Waals surface area contributed by atoms with E-state index in [1.165, 1.54) is 25.1 Å². The largest absolute Gasteiger partial charge is 0.449 e. The van der Waals surface area contributed by atoms with Crippen LogP contribution >= 0.6 is 23.2 Å². The molecule has 0 aliphatic heterocycles. The van der Waals surface area contributed by atoms with E-state index in [1.807, 2.05) is 0 Å². The number of carbonyl (C=O) groups excluding carboxylic acids is 3. The maximum Gasteiger partial charge on any atom is 0.338 e. The lowest BCUT2D eigenvalue weighted by molar-refractivity contribution is -0.127. The molecule has 1 aromatic rings. The number of hydrogen-bond donors (Lipinski definition) is 2. The summed E-state index contributed by atoms with van der Waals surface area (Å²) in [6.45, 7) is 1.30. The summed E-state index contributed by atoms with van der Waals surface area (Å²) in [5.74, 6) is -1.59. The van der Waals surface area contributed by atoms with Crippen molar-refractivity contribution in [2.24, 2.45) is 5.73 Å². The number of carbonyl (C=O) groups is 3. The van der Waals surface area contributed by atoms with E-state index >= 15 is 0 Å². The van der Waals surface area contributed by atoms with Gasteiger partial charge in [0.1, 0.15) is 0 Å². The van der Waals surface area contributed by atoms with Crippen LogP contribution in [0.3, 0.4) is 0 Å². The third kappa shape index (κ3) is 4.42. The first-order valence-corrected chi connectivity index (χ1v) is 5.83. The molecule has 102 valence electrons. The maximum atomic E-state index is 11.7. The van der Waals surface area contributed by atoms with Crippen molar-refractivity contribution < 1.29 is 19.1 Å². The molecule has 0 fully saturated rings. The van der Waals surface area contributed by atoms with Crippen LogP contribution in [0.5, 0.6) is 0 Å². The Morgan fingerprint density at radius 2 is 1.89 bits per heavy atom. The van der Waals surface area contributed by atoms with E-state index in [1.54, 1.807) is 5.32 Å². The maximum absolute atomic E-state index is 11.7.